The molecule has 2 aromatic carbocycles. The summed E-state index contributed by atoms with van der Waals surface area (Å²) in [6.45, 7) is 2.86. The van der Waals surface area contributed by atoms with Gasteiger partial charge in [0, 0.05) is 17.6 Å². The van der Waals surface area contributed by atoms with Gasteiger partial charge in [-0.2, -0.15) is 0 Å². The lowest BCUT2D eigenvalue weighted by Crippen LogP contribution is -2.28. The lowest BCUT2D eigenvalue weighted by Gasteiger charge is -2.10. The van der Waals surface area contributed by atoms with Crippen molar-refractivity contribution < 1.29 is 14.3 Å². The topological polar surface area (TPSA) is 72.5 Å². The Kier molecular flexibility index (Phi) is 7.05. The standard InChI is InChI=1S/C23H25N3O3/c1-3-17-4-6-18(7-5-17)26-19-12-13-24-22(16-19)23(27)25-14-15-29-21-10-8-20(28-2)9-11-21/h4-13,16H,3,14-15H2,1-2H3,(H,24,26)(H,25,27). The summed E-state index contributed by atoms with van der Waals surface area (Å²) in [4.78, 5) is 16.5. The third kappa shape index (κ3) is 5.97. The molecule has 1 heterocycles. The number of carbonyl (C=O) groups is 1. The highest BCUT2D eigenvalue weighted by molar-refractivity contribution is 5.93. The molecular formula is C23H25N3O3. The second-order valence-electron chi connectivity index (χ2n) is 6.39. The molecule has 0 aliphatic carbocycles. The highest BCUT2D eigenvalue weighted by Crippen LogP contribution is 2.18. The van der Waals surface area contributed by atoms with Crippen LogP contribution in [0.1, 0.15) is 23.0 Å². The van der Waals surface area contributed by atoms with E-state index >= 15 is 0 Å². The number of pyridine rings is 1. The lowest BCUT2D eigenvalue weighted by atomic mass is 10.1. The molecule has 6 nitrogen and oxygen atoms in total. The monoisotopic (exact) mass is 391 g/mol. The van der Waals surface area contributed by atoms with Gasteiger partial charge < -0.3 is 20.1 Å². The van der Waals surface area contributed by atoms with Crippen LogP contribution >= 0.6 is 0 Å². The third-order valence-electron chi connectivity index (χ3n) is 4.36. The fourth-order valence-corrected chi connectivity index (χ4v) is 2.72. The van der Waals surface area contributed by atoms with Crippen LogP contribution in [-0.2, 0) is 6.42 Å². The summed E-state index contributed by atoms with van der Waals surface area (Å²) in [6.07, 6.45) is 2.62. The van der Waals surface area contributed by atoms with Gasteiger partial charge in [-0.25, -0.2) is 0 Å². The smallest absolute Gasteiger partial charge is 0.270 e. The van der Waals surface area contributed by atoms with Gasteiger partial charge in [0.25, 0.3) is 5.91 Å². The van der Waals surface area contributed by atoms with E-state index in [4.69, 9.17) is 9.47 Å². The van der Waals surface area contributed by atoms with Crippen molar-refractivity contribution in [2.75, 3.05) is 25.6 Å². The maximum Gasteiger partial charge on any atom is 0.270 e. The number of benzene rings is 2. The number of nitrogens with one attached hydrogen (secondary N) is 2. The van der Waals surface area contributed by atoms with E-state index in [1.807, 2.05) is 42.5 Å². The van der Waals surface area contributed by atoms with E-state index in [1.165, 1.54) is 5.56 Å². The molecule has 0 saturated heterocycles. The van der Waals surface area contributed by atoms with Crippen LogP contribution in [0.4, 0.5) is 11.4 Å². The van der Waals surface area contributed by atoms with Gasteiger partial charge in [0.15, 0.2) is 0 Å². The maximum atomic E-state index is 12.4. The van der Waals surface area contributed by atoms with Crippen LogP contribution in [0.5, 0.6) is 11.5 Å². The summed E-state index contributed by atoms with van der Waals surface area (Å²) in [5.41, 5.74) is 3.41. The first-order valence-corrected chi connectivity index (χ1v) is 9.55. The number of rotatable bonds is 9. The molecule has 29 heavy (non-hydrogen) atoms. The molecule has 3 aromatic rings. The first-order chi connectivity index (χ1) is 14.2. The van der Waals surface area contributed by atoms with Crippen molar-refractivity contribution in [2.24, 2.45) is 0 Å². The zero-order valence-corrected chi connectivity index (χ0v) is 16.6. The van der Waals surface area contributed by atoms with Crippen LogP contribution in [0, 0.1) is 0 Å². The Morgan fingerprint density at radius 2 is 1.69 bits per heavy atom. The molecule has 0 bridgehead atoms. The number of anilines is 2. The molecule has 0 saturated carbocycles. The first kappa shape index (κ1) is 20.2. The first-order valence-electron chi connectivity index (χ1n) is 9.55. The minimum Gasteiger partial charge on any atom is -0.497 e. The predicted molar refractivity (Wildman–Crippen MR) is 114 cm³/mol. The van der Waals surface area contributed by atoms with E-state index in [1.54, 1.807) is 19.4 Å². The van der Waals surface area contributed by atoms with E-state index in [2.05, 4.69) is 34.7 Å². The molecule has 0 atom stereocenters. The summed E-state index contributed by atoms with van der Waals surface area (Å²) in [5.74, 6) is 1.25. The Morgan fingerprint density at radius 3 is 2.38 bits per heavy atom. The molecule has 0 radical (unpaired) electrons. The molecule has 0 aliphatic rings. The van der Waals surface area contributed by atoms with Crippen LogP contribution in [0.2, 0.25) is 0 Å². The normalized spacial score (nSPS) is 10.3. The second kappa shape index (κ2) is 10.1. The summed E-state index contributed by atoms with van der Waals surface area (Å²) in [5, 5.41) is 6.11. The molecule has 3 rings (SSSR count). The van der Waals surface area contributed by atoms with Crippen molar-refractivity contribution in [3.8, 4) is 11.5 Å². The number of aryl methyl sites for hydroxylation is 1. The molecule has 0 aliphatic heterocycles. The molecule has 1 aromatic heterocycles. The fraction of sp³-hybridized carbons (Fsp3) is 0.217. The van der Waals surface area contributed by atoms with Gasteiger partial charge in [0.2, 0.25) is 0 Å². The van der Waals surface area contributed by atoms with E-state index in [-0.39, 0.29) is 5.91 Å². The number of nitrogens with zero attached hydrogens (tertiary/aromatic N) is 1. The number of methoxy groups -OCH3 is 1. The van der Waals surface area contributed by atoms with Crippen LogP contribution in [-0.4, -0.2) is 31.2 Å². The highest BCUT2D eigenvalue weighted by Gasteiger charge is 2.08. The molecular weight excluding hydrogens is 366 g/mol. The van der Waals surface area contributed by atoms with Crippen molar-refractivity contribution in [1.29, 1.82) is 0 Å². The number of aromatic nitrogens is 1. The Morgan fingerprint density at radius 1 is 0.966 bits per heavy atom. The Labute approximate surface area is 170 Å². The average Bonchev–Trinajstić information content (AvgIpc) is 2.77. The van der Waals surface area contributed by atoms with Gasteiger partial charge in [-0.1, -0.05) is 19.1 Å². The Balaban J connectivity index is 1.49. The number of ether oxygens (including phenoxy) is 2. The van der Waals surface area contributed by atoms with Gasteiger partial charge >= 0.3 is 0 Å². The zero-order chi connectivity index (χ0) is 20.5. The summed E-state index contributed by atoms with van der Waals surface area (Å²) in [7, 11) is 1.62. The predicted octanol–water partition coefficient (Wildman–Crippen LogP) is 4.21. The second-order valence-corrected chi connectivity index (χ2v) is 6.39. The molecule has 1 amide bonds. The molecule has 0 unspecified atom stereocenters. The summed E-state index contributed by atoms with van der Waals surface area (Å²) >= 11 is 0. The number of hydrogen-bond donors (Lipinski definition) is 2. The maximum absolute atomic E-state index is 12.4. The van der Waals surface area contributed by atoms with Crippen molar-refractivity contribution in [1.82, 2.24) is 10.3 Å². The summed E-state index contributed by atoms with van der Waals surface area (Å²) < 4.78 is 10.7. The summed E-state index contributed by atoms with van der Waals surface area (Å²) in [6, 6.07) is 19.1. The molecule has 2 N–H and O–H groups in total. The Hall–Kier alpha value is -3.54. The van der Waals surface area contributed by atoms with E-state index in [9.17, 15) is 4.79 Å². The van der Waals surface area contributed by atoms with Crippen molar-refractivity contribution in [3.63, 3.8) is 0 Å². The molecule has 150 valence electrons. The van der Waals surface area contributed by atoms with Crippen molar-refractivity contribution in [2.45, 2.75) is 13.3 Å². The van der Waals surface area contributed by atoms with Gasteiger partial charge in [-0.3, -0.25) is 9.78 Å². The lowest BCUT2D eigenvalue weighted by molar-refractivity contribution is 0.0942. The average molecular weight is 391 g/mol. The van der Waals surface area contributed by atoms with Crippen LogP contribution < -0.4 is 20.1 Å². The highest BCUT2D eigenvalue weighted by atomic mass is 16.5. The molecule has 0 fully saturated rings. The van der Waals surface area contributed by atoms with Crippen LogP contribution in [0.25, 0.3) is 0 Å². The van der Waals surface area contributed by atoms with Crippen LogP contribution in [0.15, 0.2) is 66.9 Å². The minimum absolute atomic E-state index is 0.242. The van der Waals surface area contributed by atoms with Gasteiger partial charge in [0.1, 0.15) is 23.8 Å². The molecule has 6 heteroatoms. The minimum atomic E-state index is -0.242. The number of carbonyl (C=O) groups excluding carboxylic acids is 1. The van der Waals surface area contributed by atoms with Gasteiger partial charge in [-0.15, -0.1) is 0 Å². The third-order valence-corrected chi connectivity index (χ3v) is 4.36. The van der Waals surface area contributed by atoms with Gasteiger partial charge in [0.05, 0.1) is 13.7 Å². The largest absolute Gasteiger partial charge is 0.497 e. The quantitative estimate of drug-likeness (QED) is 0.535. The van der Waals surface area contributed by atoms with Gasteiger partial charge in [-0.05, 0) is 60.5 Å². The van der Waals surface area contributed by atoms with Crippen molar-refractivity contribution >= 4 is 17.3 Å². The van der Waals surface area contributed by atoms with E-state index < -0.39 is 0 Å². The van der Waals surface area contributed by atoms with E-state index in [0.717, 1.165) is 29.3 Å². The zero-order valence-electron chi connectivity index (χ0n) is 16.6. The van der Waals surface area contributed by atoms with Crippen molar-refractivity contribution in [3.05, 3.63) is 78.1 Å². The Bertz CT molecular complexity index is 925. The van der Waals surface area contributed by atoms with E-state index in [0.29, 0.717) is 18.8 Å². The van der Waals surface area contributed by atoms with Crippen LogP contribution in [0.3, 0.4) is 0 Å². The number of hydrogen-bond acceptors (Lipinski definition) is 5. The fourth-order valence-electron chi connectivity index (χ4n) is 2.72. The molecule has 0 spiro atoms. The number of amides is 1. The SMILES string of the molecule is CCc1ccc(Nc2ccnc(C(=O)NCCOc3ccc(OC)cc3)c2)cc1.